The molecule has 0 radical (unpaired) electrons. The van der Waals surface area contributed by atoms with E-state index in [2.05, 4.69) is 71.7 Å². The summed E-state index contributed by atoms with van der Waals surface area (Å²) >= 11 is 0. The van der Waals surface area contributed by atoms with Gasteiger partial charge in [-0.3, -0.25) is 0 Å². The van der Waals surface area contributed by atoms with Gasteiger partial charge in [-0.25, -0.2) is 0 Å². The van der Waals surface area contributed by atoms with E-state index >= 15 is 0 Å². The van der Waals surface area contributed by atoms with Crippen LogP contribution in [0.4, 0.5) is 0 Å². The molecule has 1 aromatic heterocycles. The Morgan fingerprint density at radius 2 is 1.62 bits per heavy atom. The Morgan fingerprint density at radius 3 is 2.34 bits per heavy atom. The van der Waals surface area contributed by atoms with E-state index in [1.807, 2.05) is 18.2 Å². The van der Waals surface area contributed by atoms with Gasteiger partial charge in [0, 0.05) is 5.56 Å². The van der Waals surface area contributed by atoms with Crippen molar-refractivity contribution < 1.29 is 4.42 Å². The largest absolute Gasteiger partial charge is 0.420 e. The van der Waals surface area contributed by atoms with Crippen LogP contribution in [0.2, 0.25) is 0 Å². The predicted octanol–water partition coefficient (Wildman–Crippen LogP) is 7.34. The smallest absolute Gasteiger partial charge is 0.247 e. The quantitative estimate of drug-likeness (QED) is 0.381. The molecule has 1 aliphatic carbocycles. The molecular weight excluding hydrogens is 356 g/mol. The van der Waals surface area contributed by atoms with Crippen molar-refractivity contribution in [3.63, 3.8) is 0 Å². The third-order valence-corrected chi connectivity index (χ3v) is 5.49. The van der Waals surface area contributed by atoms with E-state index in [1.165, 1.54) is 48.8 Å². The summed E-state index contributed by atoms with van der Waals surface area (Å²) in [5.41, 5.74) is 4.78. The van der Waals surface area contributed by atoms with E-state index in [4.69, 9.17) is 4.42 Å². The lowest BCUT2D eigenvalue weighted by Gasteiger charge is -2.12. The van der Waals surface area contributed by atoms with Gasteiger partial charge in [0.2, 0.25) is 11.8 Å². The fourth-order valence-electron chi connectivity index (χ4n) is 3.73. The molecule has 148 valence electrons. The van der Waals surface area contributed by atoms with Crippen molar-refractivity contribution in [3.8, 4) is 22.6 Å². The second-order valence-corrected chi connectivity index (χ2v) is 7.68. The van der Waals surface area contributed by atoms with Crippen molar-refractivity contribution >= 4 is 0 Å². The van der Waals surface area contributed by atoms with Gasteiger partial charge in [-0.05, 0) is 42.5 Å². The first-order chi connectivity index (χ1) is 14.3. The predicted molar refractivity (Wildman–Crippen MR) is 119 cm³/mol. The summed E-state index contributed by atoms with van der Waals surface area (Å²) in [6, 6.07) is 18.6. The van der Waals surface area contributed by atoms with E-state index in [-0.39, 0.29) is 5.92 Å². The molecule has 0 N–H and O–H groups in total. The highest BCUT2D eigenvalue weighted by atomic mass is 16.4. The van der Waals surface area contributed by atoms with Crippen molar-refractivity contribution in [3.05, 3.63) is 84.3 Å². The molecule has 0 fully saturated rings. The standard InChI is InChI=1S/C26H28N2O/c1-2-3-4-6-9-20-12-14-23(15-13-20)25-27-28-26(29-25)24-18-16-22(17-19-24)21-10-7-5-8-11-21/h5,7-8,10-14,16-19,23H,2-4,6,9,15H2,1H3. The average Bonchev–Trinajstić information content (AvgIpc) is 3.28. The fourth-order valence-corrected chi connectivity index (χ4v) is 3.73. The SMILES string of the molecule is CCCCCCC1=CCC(c2nnc(-c3ccc(-c4ccccc4)cc3)o2)C=C1. The summed E-state index contributed by atoms with van der Waals surface area (Å²) in [5, 5.41) is 8.59. The van der Waals surface area contributed by atoms with E-state index in [0.717, 1.165) is 12.0 Å². The molecule has 1 unspecified atom stereocenters. The fraction of sp³-hybridized carbons (Fsp3) is 0.308. The maximum atomic E-state index is 6.00. The van der Waals surface area contributed by atoms with Crippen molar-refractivity contribution in [2.75, 3.05) is 0 Å². The van der Waals surface area contributed by atoms with E-state index in [0.29, 0.717) is 11.8 Å². The van der Waals surface area contributed by atoms with E-state index in [9.17, 15) is 0 Å². The van der Waals surface area contributed by atoms with Crippen LogP contribution in [0.25, 0.3) is 22.6 Å². The maximum Gasteiger partial charge on any atom is 0.247 e. The highest BCUT2D eigenvalue weighted by Crippen LogP contribution is 2.30. The number of unbranched alkanes of at least 4 members (excludes halogenated alkanes) is 3. The number of nitrogens with zero attached hydrogens (tertiary/aromatic N) is 2. The second-order valence-electron chi connectivity index (χ2n) is 7.68. The van der Waals surface area contributed by atoms with Crippen LogP contribution in [0.5, 0.6) is 0 Å². The first kappa shape index (κ1) is 19.4. The van der Waals surface area contributed by atoms with Crippen LogP contribution in [0.15, 0.2) is 82.8 Å². The Hall–Kier alpha value is -2.94. The Morgan fingerprint density at radius 1 is 0.862 bits per heavy atom. The highest BCUT2D eigenvalue weighted by molar-refractivity contribution is 5.67. The molecule has 3 aromatic rings. The number of allylic oxidation sites excluding steroid dienone is 4. The molecule has 4 rings (SSSR count). The topological polar surface area (TPSA) is 38.9 Å². The molecule has 2 aromatic carbocycles. The van der Waals surface area contributed by atoms with Crippen LogP contribution in [-0.4, -0.2) is 10.2 Å². The normalized spacial score (nSPS) is 16.0. The minimum absolute atomic E-state index is 0.180. The molecule has 1 aliphatic rings. The lowest BCUT2D eigenvalue weighted by molar-refractivity contribution is 0.483. The Labute approximate surface area is 173 Å². The monoisotopic (exact) mass is 384 g/mol. The molecule has 0 amide bonds. The van der Waals surface area contributed by atoms with Crippen molar-refractivity contribution in [2.45, 2.75) is 51.4 Å². The zero-order valence-corrected chi connectivity index (χ0v) is 17.1. The van der Waals surface area contributed by atoms with Gasteiger partial charge in [-0.15, -0.1) is 10.2 Å². The molecule has 29 heavy (non-hydrogen) atoms. The van der Waals surface area contributed by atoms with Gasteiger partial charge in [0.05, 0.1) is 5.92 Å². The molecule has 0 spiro atoms. The molecule has 1 heterocycles. The van der Waals surface area contributed by atoms with Gasteiger partial charge in [0.1, 0.15) is 0 Å². The van der Waals surface area contributed by atoms with Crippen molar-refractivity contribution in [1.29, 1.82) is 0 Å². The van der Waals surface area contributed by atoms with Gasteiger partial charge in [-0.2, -0.15) is 0 Å². The maximum absolute atomic E-state index is 6.00. The molecule has 0 aliphatic heterocycles. The summed E-state index contributed by atoms with van der Waals surface area (Å²) < 4.78 is 6.00. The molecular formula is C26H28N2O. The second kappa shape index (κ2) is 9.51. The number of benzene rings is 2. The number of hydrogen-bond acceptors (Lipinski definition) is 3. The molecule has 0 bridgehead atoms. The molecule has 3 nitrogen and oxygen atoms in total. The Kier molecular flexibility index (Phi) is 6.35. The first-order valence-corrected chi connectivity index (χ1v) is 10.7. The lowest BCUT2D eigenvalue weighted by atomic mass is 9.94. The highest BCUT2D eigenvalue weighted by Gasteiger charge is 2.18. The Bertz CT molecular complexity index is 967. The third-order valence-electron chi connectivity index (χ3n) is 5.49. The first-order valence-electron chi connectivity index (χ1n) is 10.7. The lowest BCUT2D eigenvalue weighted by Crippen LogP contribution is -1.99. The third kappa shape index (κ3) is 4.92. The van der Waals surface area contributed by atoms with Crippen molar-refractivity contribution in [2.24, 2.45) is 0 Å². The zero-order valence-electron chi connectivity index (χ0n) is 17.1. The van der Waals surface area contributed by atoms with Crippen LogP contribution in [0, 0.1) is 0 Å². The number of hydrogen-bond donors (Lipinski definition) is 0. The Balaban J connectivity index is 1.38. The zero-order chi connectivity index (χ0) is 19.9. The van der Waals surface area contributed by atoms with Crippen LogP contribution < -0.4 is 0 Å². The average molecular weight is 385 g/mol. The molecule has 3 heteroatoms. The van der Waals surface area contributed by atoms with Crippen molar-refractivity contribution in [1.82, 2.24) is 10.2 Å². The van der Waals surface area contributed by atoms with Crippen LogP contribution in [0.3, 0.4) is 0 Å². The summed E-state index contributed by atoms with van der Waals surface area (Å²) in [7, 11) is 0. The minimum atomic E-state index is 0.180. The van der Waals surface area contributed by atoms with Gasteiger partial charge in [0.15, 0.2) is 0 Å². The van der Waals surface area contributed by atoms with Crippen LogP contribution in [0.1, 0.15) is 57.3 Å². The summed E-state index contributed by atoms with van der Waals surface area (Å²) in [6.07, 6.45) is 14.1. The summed E-state index contributed by atoms with van der Waals surface area (Å²) in [6.45, 7) is 2.25. The summed E-state index contributed by atoms with van der Waals surface area (Å²) in [5.74, 6) is 1.46. The molecule has 1 atom stereocenters. The number of aromatic nitrogens is 2. The van der Waals surface area contributed by atoms with Gasteiger partial charge in [0.25, 0.3) is 0 Å². The van der Waals surface area contributed by atoms with Gasteiger partial charge in [-0.1, -0.05) is 92.5 Å². The van der Waals surface area contributed by atoms with Crippen LogP contribution in [-0.2, 0) is 0 Å². The number of rotatable bonds is 8. The van der Waals surface area contributed by atoms with Gasteiger partial charge >= 0.3 is 0 Å². The summed E-state index contributed by atoms with van der Waals surface area (Å²) in [4.78, 5) is 0. The van der Waals surface area contributed by atoms with E-state index in [1.54, 1.807) is 0 Å². The molecule has 0 saturated carbocycles. The van der Waals surface area contributed by atoms with Crippen LogP contribution >= 0.6 is 0 Å². The van der Waals surface area contributed by atoms with E-state index < -0.39 is 0 Å². The minimum Gasteiger partial charge on any atom is -0.420 e. The molecule has 0 saturated heterocycles. The van der Waals surface area contributed by atoms with Gasteiger partial charge < -0.3 is 4.42 Å².